The summed E-state index contributed by atoms with van der Waals surface area (Å²) in [5.41, 5.74) is 11.4. The highest BCUT2D eigenvalue weighted by Gasteiger charge is 2.18. The Morgan fingerprint density at radius 2 is 2.00 bits per heavy atom. The summed E-state index contributed by atoms with van der Waals surface area (Å²) in [7, 11) is 0. The minimum atomic E-state index is -0.906. The fraction of sp³-hybridized carbons (Fsp3) is 0.364. The third-order valence-electron chi connectivity index (χ3n) is 2.32. The largest absolute Gasteiger partial charge is 0.370 e. The Morgan fingerprint density at radius 3 is 2.53 bits per heavy atom. The summed E-state index contributed by atoms with van der Waals surface area (Å²) >= 11 is 0. The molecular weight excluding hydrogens is 220 g/mol. The standard InChI is InChI=1S/C11H16N4O2/c1-7(8-2-4-14-5-3-8)15-11(17)9(12)6-10(13)16/h2-5,7,9H,6,12H2,1H3,(H2,13,16)(H,15,17)/t7-,9?/m1/s1. The van der Waals surface area contributed by atoms with Crippen LogP contribution in [0.4, 0.5) is 0 Å². The van der Waals surface area contributed by atoms with Gasteiger partial charge in [0.15, 0.2) is 0 Å². The van der Waals surface area contributed by atoms with Gasteiger partial charge in [0.05, 0.1) is 18.5 Å². The Bertz CT molecular complexity index is 394. The summed E-state index contributed by atoms with van der Waals surface area (Å²) in [5, 5.41) is 2.70. The van der Waals surface area contributed by atoms with Crippen molar-refractivity contribution in [1.82, 2.24) is 10.3 Å². The average Bonchev–Trinajstić information content (AvgIpc) is 2.29. The monoisotopic (exact) mass is 236 g/mol. The average molecular weight is 236 g/mol. The van der Waals surface area contributed by atoms with Crippen molar-refractivity contribution in [3.05, 3.63) is 30.1 Å². The number of hydrogen-bond acceptors (Lipinski definition) is 4. The van der Waals surface area contributed by atoms with Crippen molar-refractivity contribution in [1.29, 1.82) is 0 Å². The zero-order valence-corrected chi connectivity index (χ0v) is 9.59. The van der Waals surface area contributed by atoms with Crippen LogP contribution in [0, 0.1) is 0 Å². The van der Waals surface area contributed by atoms with E-state index in [1.165, 1.54) is 0 Å². The number of pyridine rings is 1. The van der Waals surface area contributed by atoms with Gasteiger partial charge in [-0.05, 0) is 24.6 Å². The maximum Gasteiger partial charge on any atom is 0.237 e. The molecule has 0 saturated heterocycles. The molecule has 0 aromatic carbocycles. The predicted octanol–water partition coefficient (Wildman–Crippen LogP) is -0.538. The topological polar surface area (TPSA) is 111 Å². The van der Waals surface area contributed by atoms with E-state index < -0.39 is 17.9 Å². The highest BCUT2D eigenvalue weighted by Crippen LogP contribution is 2.10. The smallest absolute Gasteiger partial charge is 0.237 e. The van der Waals surface area contributed by atoms with E-state index in [0.29, 0.717) is 0 Å². The summed E-state index contributed by atoms with van der Waals surface area (Å²) in [6.45, 7) is 1.82. The molecule has 5 N–H and O–H groups in total. The van der Waals surface area contributed by atoms with Crippen LogP contribution in [0.3, 0.4) is 0 Å². The molecule has 2 amide bonds. The van der Waals surface area contributed by atoms with Crippen molar-refractivity contribution >= 4 is 11.8 Å². The molecule has 0 spiro atoms. The second kappa shape index (κ2) is 5.95. The van der Waals surface area contributed by atoms with E-state index in [0.717, 1.165) is 5.56 Å². The molecule has 1 heterocycles. The lowest BCUT2D eigenvalue weighted by molar-refractivity contribution is -0.126. The maximum atomic E-state index is 11.6. The third kappa shape index (κ3) is 4.20. The van der Waals surface area contributed by atoms with Gasteiger partial charge in [-0.3, -0.25) is 14.6 Å². The minimum absolute atomic E-state index is 0.158. The van der Waals surface area contributed by atoms with Crippen LogP contribution in [0.5, 0.6) is 0 Å². The second-order valence-corrected chi connectivity index (χ2v) is 3.79. The lowest BCUT2D eigenvalue weighted by atomic mass is 10.1. The second-order valence-electron chi connectivity index (χ2n) is 3.79. The predicted molar refractivity (Wildman–Crippen MR) is 62.6 cm³/mol. The highest BCUT2D eigenvalue weighted by atomic mass is 16.2. The quantitative estimate of drug-likeness (QED) is 0.637. The van der Waals surface area contributed by atoms with Crippen molar-refractivity contribution in [2.24, 2.45) is 11.5 Å². The van der Waals surface area contributed by atoms with Gasteiger partial charge in [0, 0.05) is 12.4 Å². The molecule has 6 nitrogen and oxygen atoms in total. The Balaban J connectivity index is 2.54. The zero-order valence-electron chi connectivity index (χ0n) is 9.59. The first-order valence-electron chi connectivity index (χ1n) is 5.25. The van der Waals surface area contributed by atoms with Gasteiger partial charge in [0.2, 0.25) is 11.8 Å². The van der Waals surface area contributed by atoms with Gasteiger partial charge in [-0.25, -0.2) is 0 Å². The molecule has 17 heavy (non-hydrogen) atoms. The number of aromatic nitrogens is 1. The number of nitrogens with one attached hydrogen (secondary N) is 1. The molecule has 0 bridgehead atoms. The van der Waals surface area contributed by atoms with Crippen LogP contribution in [0.15, 0.2) is 24.5 Å². The van der Waals surface area contributed by atoms with Crippen molar-refractivity contribution in [3.63, 3.8) is 0 Å². The van der Waals surface area contributed by atoms with Gasteiger partial charge < -0.3 is 16.8 Å². The number of amides is 2. The van der Waals surface area contributed by atoms with E-state index in [4.69, 9.17) is 11.5 Å². The number of nitrogens with zero attached hydrogens (tertiary/aromatic N) is 1. The summed E-state index contributed by atoms with van der Waals surface area (Å²) in [5.74, 6) is -0.989. The van der Waals surface area contributed by atoms with Crippen LogP contribution in [-0.2, 0) is 9.59 Å². The van der Waals surface area contributed by atoms with Crippen LogP contribution in [0.2, 0.25) is 0 Å². The SMILES string of the molecule is C[C@@H](NC(=O)C(N)CC(N)=O)c1ccncc1. The van der Waals surface area contributed by atoms with Crippen molar-refractivity contribution in [2.45, 2.75) is 25.4 Å². The normalized spacial score (nSPS) is 13.8. The van der Waals surface area contributed by atoms with Crippen LogP contribution < -0.4 is 16.8 Å². The zero-order chi connectivity index (χ0) is 12.8. The van der Waals surface area contributed by atoms with E-state index in [2.05, 4.69) is 10.3 Å². The van der Waals surface area contributed by atoms with Gasteiger partial charge in [-0.15, -0.1) is 0 Å². The number of carbonyl (C=O) groups is 2. The lowest BCUT2D eigenvalue weighted by Gasteiger charge is -2.16. The Labute approximate surface area is 99.4 Å². The molecule has 0 aliphatic heterocycles. The molecule has 92 valence electrons. The molecule has 0 aliphatic carbocycles. The Morgan fingerprint density at radius 1 is 1.41 bits per heavy atom. The molecule has 1 rings (SSSR count). The highest BCUT2D eigenvalue weighted by molar-refractivity contribution is 5.87. The van der Waals surface area contributed by atoms with Crippen molar-refractivity contribution < 1.29 is 9.59 Å². The minimum Gasteiger partial charge on any atom is -0.370 e. The molecule has 0 saturated carbocycles. The van der Waals surface area contributed by atoms with E-state index in [1.54, 1.807) is 24.5 Å². The molecule has 1 aromatic heterocycles. The molecule has 6 heteroatoms. The first kappa shape index (κ1) is 13.1. The van der Waals surface area contributed by atoms with E-state index in [9.17, 15) is 9.59 Å². The molecule has 0 radical (unpaired) electrons. The fourth-order valence-corrected chi connectivity index (χ4v) is 1.37. The third-order valence-corrected chi connectivity index (χ3v) is 2.32. The number of hydrogen-bond donors (Lipinski definition) is 3. The number of rotatable bonds is 5. The molecule has 0 aliphatic rings. The van der Waals surface area contributed by atoms with E-state index >= 15 is 0 Å². The first-order valence-corrected chi connectivity index (χ1v) is 5.25. The molecule has 2 atom stereocenters. The number of carbonyl (C=O) groups excluding carboxylic acids is 2. The summed E-state index contributed by atoms with van der Waals surface area (Å²) in [6, 6.07) is 2.50. The number of primary amides is 1. The maximum absolute atomic E-state index is 11.6. The lowest BCUT2D eigenvalue weighted by Crippen LogP contribution is -2.43. The van der Waals surface area contributed by atoms with Gasteiger partial charge in [0.25, 0.3) is 0 Å². The summed E-state index contributed by atoms with van der Waals surface area (Å²) in [4.78, 5) is 26.1. The van der Waals surface area contributed by atoms with Gasteiger partial charge in [-0.1, -0.05) is 0 Å². The van der Waals surface area contributed by atoms with Crippen molar-refractivity contribution in [2.75, 3.05) is 0 Å². The van der Waals surface area contributed by atoms with Crippen LogP contribution in [0.25, 0.3) is 0 Å². The molecule has 1 aromatic rings. The number of nitrogens with two attached hydrogens (primary N) is 2. The Kier molecular flexibility index (Phi) is 4.59. The molecule has 0 fully saturated rings. The van der Waals surface area contributed by atoms with Gasteiger partial charge in [0.1, 0.15) is 0 Å². The van der Waals surface area contributed by atoms with Crippen molar-refractivity contribution in [3.8, 4) is 0 Å². The molecule has 1 unspecified atom stereocenters. The van der Waals surface area contributed by atoms with Crippen LogP contribution in [-0.4, -0.2) is 22.8 Å². The Hall–Kier alpha value is -1.95. The van der Waals surface area contributed by atoms with Crippen LogP contribution in [0.1, 0.15) is 24.9 Å². The first-order chi connectivity index (χ1) is 8.00. The summed E-state index contributed by atoms with van der Waals surface area (Å²) < 4.78 is 0. The van der Waals surface area contributed by atoms with Crippen LogP contribution >= 0.6 is 0 Å². The fourth-order valence-electron chi connectivity index (χ4n) is 1.37. The van der Waals surface area contributed by atoms with Gasteiger partial charge in [-0.2, -0.15) is 0 Å². The summed E-state index contributed by atoms with van der Waals surface area (Å²) in [6.07, 6.45) is 3.12. The van der Waals surface area contributed by atoms with E-state index in [1.807, 2.05) is 6.92 Å². The van der Waals surface area contributed by atoms with Gasteiger partial charge >= 0.3 is 0 Å². The van der Waals surface area contributed by atoms with E-state index in [-0.39, 0.29) is 12.5 Å². The molecular formula is C11H16N4O2.